The number of alkyl halides is 3. The molecule has 28 heavy (non-hydrogen) atoms. The van der Waals surface area contributed by atoms with Crippen LogP contribution in [-0.2, 0) is 17.6 Å². The van der Waals surface area contributed by atoms with Crippen LogP contribution in [0.5, 0.6) is 0 Å². The summed E-state index contributed by atoms with van der Waals surface area (Å²) >= 11 is 6.04. The van der Waals surface area contributed by atoms with Crippen LogP contribution in [-0.4, -0.2) is 22.5 Å². The molecule has 0 saturated heterocycles. The summed E-state index contributed by atoms with van der Waals surface area (Å²) < 4.78 is 38.9. The number of benzene rings is 1. The lowest BCUT2D eigenvalue weighted by Crippen LogP contribution is -2.11. The second-order valence-corrected chi connectivity index (χ2v) is 6.69. The van der Waals surface area contributed by atoms with Crippen LogP contribution in [0.15, 0.2) is 36.5 Å². The number of nitrogens with one attached hydrogen (secondary N) is 2. The van der Waals surface area contributed by atoms with Gasteiger partial charge in [-0.2, -0.15) is 13.2 Å². The van der Waals surface area contributed by atoms with Crippen molar-refractivity contribution in [3.05, 3.63) is 58.3 Å². The van der Waals surface area contributed by atoms with Gasteiger partial charge in [-0.1, -0.05) is 17.7 Å². The second-order valence-electron chi connectivity index (χ2n) is 6.28. The van der Waals surface area contributed by atoms with Crippen molar-refractivity contribution < 1.29 is 23.1 Å². The van der Waals surface area contributed by atoms with Gasteiger partial charge in [-0.05, 0) is 42.2 Å². The average molecular weight is 412 g/mol. The van der Waals surface area contributed by atoms with Crippen molar-refractivity contribution in [1.29, 1.82) is 0 Å². The first-order valence-electron chi connectivity index (χ1n) is 8.50. The molecular formula is C19H17ClF3N3O2. The first-order valence-corrected chi connectivity index (χ1v) is 8.88. The molecule has 0 radical (unpaired) electrons. The number of halogens is 4. The van der Waals surface area contributed by atoms with E-state index in [4.69, 9.17) is 16.7 Å². The summed E-state index contributed by atoms with van der Waals surface area (Å²) in [6.45, 7) is 0.276. The third-order valence-corrected chi connectivity index (χ3v) is 4.55. The zero-order valence-corrected chi connectivity index (χ0v) is 15.4. The van der Waals surface area contributed by atoms with Gasteiger partial charge in [0.05, 0.1) is 17.2 Å². The summed E-state index contributed by atoms with van der Waals surface area (Å²) in [5.41, 5.74) is 1.27. The number of nitrogens with zero attached hydrogens (tertiary/aromatic N) is 1. The minimum Gasteiger partial charge on any atom is -0.392 e. The molecule has 3 N–H and O–H groups in total. The number of carbonyl (C=O) groups excluding carboxylic acids is 1. The molecule has 1 aromatic carbocycles. The van der Waals surface area contributed by atoms with Crippen molar-refractivity contribution in [3.8, 4) is 0 Å². The highest BCUT2D eigenvalue weighted by atomic mass is 35.5. The Kier molecular flexibility index (Phi) is 5.90. The largest absolute Gasteiger partial charge is 0.416 e. The van der Waals surface area contributed by atoms with Crippen LogP contribution in [0.3, 0.4) is 0 Å². The molecule has 1 amide bonds. The number of aliphatic hydroxyl groups excluding tert-OH is 1. The number of amides is 1. The fraction of sp³-hybridized carbons (Fsp3) is 0.263. The van der Waals surface area contributed by atoms with Gasteiger partial charge in [-0.25, -0.2) is 4.98 Å². The lowest BCUT2D eigenvalue weighted by Gasteiger charge is -2.14. The Morgan fingerprint density at radius 3 is 2.82 bits per heavy atom. The normalized spacial score (nSPS) is 15.5. The molecule has 5 nitrogen and oxygen atoms in total. The van der Waals surface area contributed by atoms with Crippen molar-refractivity contribution in [2.45, 2.75) is 25.6 Å². The maximum Gasteiger partial charge on any atom is 0.416 e. The molecule has 2 heterocycles. The molecule has 0 spiro atoms. The zero-order chi connectivity index (χ0) is 20.3. The molecule has 0 aliphatic carbocycles. The van der Waals surface area contributed by atoms with Gasteiger partial charge in [0.2, 0.25) is 5.91 Å². The molecule has 0 atom stereocenters. The lowest BCUT2D eigenvalue weighted by atomic mass is 9.98. The van der Waals surface area contributed by atoms with Crippen LogP contribution >= 0.6 is 11.6 Å². The highest BCUT2D eigenvalue weighted by molar-refractivity contribution is 6.33. The van der Waals surface area contributed by atoms with E-state index >= 15 is 0 Å². The fourth-order valence-electron chi connectivity index (χ4n) is 2.90. The SMILES string of the molecule is O=C(/C=C1\CCCNc2cc(C(F)(F)F)ccc21)Nc1ncc(CO)cc1Cl. The van der Waals surface area contributed by atoms with Gasteiger partial charge in [0, 0.05) is 30.1 Å². The smallest absolute Gasteiger partial charge is 0.392 e. The molecule has 0 fully saturated rings. The lowest BCUT2D eigenvalue weighted by molar-refractivity contribution is -0.137. The molecule has 1 aliphatic heterocycles. The number of fused-ring (bicyclic) bond motifs is 1. The predicted octanol–water partition coefficient (Wildman–Crippen LogP) is 4.47. The summed E-state index contributed by atoms with van der Waals surface area (Å²) in [7, 11) is 0. The van der Waals surface area contributed by atoms with Crippen molar-refractivity contribution in [2.75, 3.05) is 17.2 Å². The van der Waals surface area contributed by atoms with Crippen LogP contribution in [0, 0.1) is 0 Å². The van der Waals surface area contributed by atoms with Crippen molar-refractivity contribution in [3.63, 3.8) is 0 Å². The molecule has 148 valence electrons. The van der Waals surface area contributed by atoms with E-state index in [9.17, 15) is 18.0 Å². The summed E-state index contributed by atoms with van der Waals surface area (Å²) in [4.78, 5) is 16.4. The van der Waals surface area contributed by atoms with Crippen LogP contribution in [0.1, 0.15) is 29.5 Å². The van der Waals surface area contributed by atoms with E-state index in [-0.39, 0.29) is 17.4 Å². The van der Waals surface area contributed by atoms with E-state index in [2.05, 4.69) is 15.6 Å². The maximum absolute atomic E-state index is 13.0. The van der Waals surface area contributed by atoms with E-state index in [1.807, 2.05) is 0 Å². The van der Waals surface area contributed by atoms with Crippen molar-refractivity contribution in [2.24, 2.45) is 0 Å². The minimum absolute atomic E-state index is 0.139. The van der Waals surface area contributed by atoms with Gasteiger partial charge in [0.1, 0.15) is 0 Å². The number of aliphatic hydroxyl groups is 1. The average Bonchev–Trinajstić information content (AvgIpc) is 2.84. The monoisotopic (exact) mass is 411 g/mol. The summed E-state index contributed by atoms with van der Waals surface area (Å²) in [5.74, 6) is -0.353. The third kappa shape index (κ3) is 4.63. The molecule has 1 aliphatic rings. The van der Waals surface area contributed by atoms with E-state index in [1.54, 1.807) is 0 Å². The quantitative estimate of drug-likeness (QED) is 0.651. The number of aromatic nitrogens is 1. The van der Waals surface area contributed by atoms with Crippen LogP contribution < -0.4 is 10.6 Å². The third-order valence-electron chi connectivity index (χ3n) is 4.26. The molecule has 0 unspecified atom stereocenters. The Balaban J connectivity index is 1.87. The van der Waals surface area contributed by atoms with Gasteiger partial charge in [0.25, 0.3) is 0 Å². The van der Waals surface area contributed by atoms with Crippen molar-refractivity contribution in [1.82, 2.24) is 4.98 Å². The number of anilines is 2. The summed E-state index contributed by atoms with van der Waals surface area (Å²) in [5, 5.41) is 14.8. The number of allylic oxidation sites excluding steroid dienone is 1. The van der Waals surface area contributed by atoms with Crippen molar-refractivity contribution >= 4 is 34.6 Å². The Morgan fingerprint density at radius 1 is 1.36 bits per heavy atom. The first kappa shape index (κ1) is 20.2. The second kappa shape index (κ2) is 8.20. The number of rotatable bonds is 3. The molecular weight excluding hydrogens is 395 g/mol. The molecule has 2 aromatic rings. The van der Waals surface area contributed by atoms with E-state index in [0.29, 0.717) is 41.8 Å². The minimum atomic E-state index is -4.44. The Labute approximate surface area is 164 Å². The summed E-state index contributed by atoms with van der Waals surface area (Å²) in [6.07, 6.45) is -0.509. The van der Waals surface area contributed by atoms with Gasteiger partial charge in [0.15, 0.2) is 5.82 Å². The molecule has 9 heteroatoms. The number of hydrogen-bond acceptors (Lipinski definition) is 4. The number of hydrogen-bond donors (Lipinski definition) is 3. The molecule has 0 saturated carbocycles. The van der Waals surface area contributed by atoms with E-state index < -0.39 is 17.6 Å². The van der Waals surface area contributed by atoms with Gasteiger partial charge < -0.3 is 15.7 Å². The number of carbonyl (C=O) groups is 1. The van der Waals surface area contributed by atoms with Gasteiger partial charge in [-0.3, -0.25) is 4.79 Å². The predicted molar refractivity (Wildman–Crippen MR) is 101 cm³/mol. The Bertz CT molecular complexity index is 929. The van der Waals surface area contributed by atoms with Crippen LogP contribution in [0.25, 0.3) is 5.57 Å². The highest BCUT2D eigenvalue weighted by Gasteiger charge is 2.31. The summed E-state index contributed by atoms with van der Waals surface area (Å²) in [6, 6.07) is 4.92. The van der Waals surface area contributed by atoms with Crippen LogP contribution in [0.2, 0.25) is 5.02 Å². The zero-order valence-electron chi connectivity index (χ0n) is 14.6. The van der Waals surface area contributed by atoms with Gasteiger partial charge >= 0.3 is 6.18 Å². The molecule has 3 rings (SSSR count). The van der Waals surface area contributed by atoms with Gasteiger partial charge in [-0.15, -0.1) is 0 Å². The number of pyridine rings is 1. The molecule has 0 bridgehead atoms. The fourth-order valence-corrected chi connectivity index (χ4v) is 3.14. The van der Waals surface area contributed by atoms with E-state index in [1.165, 1.54) is 24.4 Å². The molecule has 1 aromatic heterocycles. The topological polar surface area (TPSA) is 74.2 Å². The highest BCUT2D eigenvalue weighted by Crippen LogP contribution is 2.36. The Morgan fingerprint density at radius 2 is 2.14 bits per heavy atom. The first-order chi connectivity index (χ1) is 13.3. The standard InChI is InChI=1S/C19H17ClF3N3O2/c20-15-6-11(10-27)9-25-18(15)26-17(28)7-12-2-1-5-24-16-8-13(19(21,22)23)3-4-14(12)16/h3-4,6-9,24,27H,1-2,5,10H2,(H,25,26,28)/b12-7+. The van der Waals surface area contributed by atoms with Crippen LogP contribution in [0.4, 0.5) is 24.7 Å². The maximum atomic E-state index is 13.0. The Hall–Kier alpha value is -2.58. The van der Waals surface area contributed by atoms with E-state index in [0.717, 1.165) is 12.1 Å².